The van der Waals surface area contributed by atoms with Crippen molar-refractivity contribution in [3.63, 3.8) is 0 Å². The van der Waals surface area contributed by atoms with E-state index in [0.717, 1.165) is 54.2 Å². The lowest BCUT2D eigenvalue weighted by Gasteiger charge is -2.35. The van der Waals surface area contributed by atoms with Crippen LogP contribution in [0.2, 0.25) is 5.02 Å². The lowest BCUT2D eigenvalue weighted by Crippen LogP contribution is -2.44. The van der Waals surface area contributed by atoms with Gasteiger partial charge >= 0.3 is 0 Å². The zero-order valence-corrected chi connectivity index (χ0v) is 16.8. The fourth-order valence-electron chi connectivity index (χ4n) is 3.62. The maximum atomic E-state index is 13.2. The Labute approximate surface area is 169 Å². The number of fused-ring (bicyclic) bond motifs is 1. The Kier molecular flexibility index (Phi) is 5.20. The summed E-state index contributed by atoms with van der Waals surface area (Å²) in [6, 6.07) is 15.2. The van der Waals surface area contributed by atoms with E-state index >= 15 is 0 Å². The minimum absolute atomic E-state index is 0.153. The third-order valence-electron chi connectivity index (χ3n) is 5.14. The quantitative estimate of drug-likeness (QED) is 0.723. The molecule has 3 aromatic rings. The molecule has 1 aliphatic heterocycles. The van der Waals surface area contributed by atoms with Crippen LogP contribution in [0, 0.1) is 6.92 Å². The second-order valence-corrected chi connectivity index (χ2v) is 7.67. The lowest BCUT2D eigenvalue weighted by atomic mass is 10.1. The number of carbonyl (C=O) groups excluding carboxylic acids is 1. The van der Waals surface area contributed by atoms with Gasteiger partial charge in [0.2, 0.25) is 0 Å². The van der Waals surface area contributed by atoms with Gasteiger partial charge in [0.05, 0.1) is 22.5 Å². The molecule has 0 aliphatic carbocycles. The molecule has 0 radical (unpaired) electrons. The first kappa shape index (κ1) is 18.7. The molecule has 28 heavy (non-hydrogen) atoms. The number of hydrogen-bond donors (Lipinski definition) is 1. The third-order valence-corrected chi connectivity index (χ3v) is 5.37. The molecule has 1 aromatic heterocycles. The maximum absolute atomic E-state index is 13.2. The van der Waals surface area contributed by atoms with Crippen LogP contribution in [0.5, 0.6) is 0 Å². The molecular formula is C22H23ClN4O. The number of anilines is 2. The predicted octanol–water partition coefficient (Wildman–Crippen LogP) is 4.20. The number of nitrogens with one attached hydrogen (secondary N) is 1. The van der Waals surface area contributed by atoms with Crippen LogP contribution in [-0.4, -0.2) is 49.0 Å². The highest BCUT2D eigenvalue weighted by atomic mass is 35.5. The van der Waals surface area contributed by atoms with Gasteiger partial charge in [-0.1, -0.05) is 29.8 Å². The van der Waals surface area contributed by atoms with Crippen molar-refractivity contribution in [2.24, 2.45) is 0 Å². The van der Waals surface area contributed by atoms with Crippen LogP contribution in [0.3, 0.4) is 0 Å². The fourth-order valence-corrected chi connectivity index (χ4v) is 3.79. The number of piperazine rings is 1. The molecule has 1 fully saturated rings. The molecule has 0 spiro atoms. The van der Waals surface area contributed by atoms with E-state index in [1.165, 1.54) is 0 Å². The number of rotatable bonds is 3. The molecule has 1 saturated heterocycles. The van der Waals surface area contributed by atoms with Crippen molar-refractivity contribution in [2.45, 2.75) is 6.92 Å². The van der Waals surface area contributed by atoms with Crippen molar-refractivity contribution in [3.05, 3.63) is 64.8 Å². The van der Waals surface area contributed by atoms with E-state index in [9.17, 15) is 4.79 Å². The van der Waals surface area contributed by atoms with Gasteiger partial charge < -0.3 is 15.1 Å². The average Bonchev–Trinajstić information content (AvgIpc) is 2.68. The van der Waals surface area contributed by atoms with E-state index in [2.05, 4.69) is 27.1 Å². The summed E-state index contributed by atoms with van der Waals surface area (Å²) in [6.07, 6.45) is 0. The molecule has 1 N–H and O–H groups in total. The summed E-state index contributed by atoms with van der Waals surface area (Å²) in [6.45, 7) is 5.71. The Morgan fingerprint density at radius 1 is 1.07 bits per heavy atom. The zero-order valence-electron chi connectivity index (χ0n) is 16.1. The van der Waals surface area contributed by atoms with Crippen molar-refractivity contribution in [3.8, 4) is 0 Å². The van der Waals surface area contributed by atoms with Gasteiger partial charge in [0, 0.05) is 42.3 Å². The molecule has 2 aromatic carbocycles. The summed E-state index contributed by atoms with van der Waals surface area (Å²) >= 11 is 6.24. The van der Waals surface area contributed by atoms with Crippen molar-refractivity contribution < 1.29 is 4.79 Å². The number of pyridine rings is 1. The number of hydrogen-bond acceptors (Lipinski definition) is 4. The number of amides is 1. The van der Waals surface area contributed by atoms with E-state index in [-0.39, 0.29) is 5.91 Å². The van der Waals surface area contributed by atoms with Crippen LogP contribution >= 0.6 is 11.6 Å². The first-order valence-electron chi connectivity index (χ1n) is 9.42. The van der Waals surface area contributed by atoms with Gasteiger partial charge in [0.25, 0.3) is 5.91 Å². The average molecular weight is 395 g/mol. The highest BCUT2D eigenvalue weighted by Gasteiger charge is 2.19. The summed E-state index contributed by atoms with van der Waals surface area (Å²) in [7, 11) is 2.12. The van der Waals surface area contributed by atoms with E-state index in [1.807, 2.05) is 55.5 Å². The van der Waals surface area contributed by atoms with Gasteiger partial charge in [-0.05, 0) is 44.3 Å². The molecule has 144 valence electrons. The molecule has 6 heteroatoms. The molecule has 1 amide bonds. The number of likely N-dealkylation sites (N-methyl/N-ethyl adjacent to an activating group) is 1. The summed E-state index contributed by atoms with van der Waals surface area (Å²) in [5, 5.41) is 4.53. The Balaban J connectivity index is 1.68. The van der Waals surface area contributed by atoms with Gasteiger partial charge in [-0.2, -0.15) is 0 Å². The molecule has 1 aliphatic rings. The Hall–Kier alpha value is -2.63. The summed E-state index contributed by atoms with van der Waals surface area (Å²) in [4.78, 5) is 22.3. The largest absolute Gasteiger partial charge is 0.367 e. The molecule has 0 bridgehead atoms. The van der Waals surface area contributed by atoms with Crippen molar-refractivity contribution in [1.29, 1.82) is 0 Å². The minimum atomic E-state index is -0.153. The Bertz CT molecular complexity index is 1030. The molecule has 5 nitrogen and oxygen atoms in total. The Morgan fingerprint density at radius 3 is 2.61 bits per heavy atom. The van der Waals surface area contributed by atoms with Crippen LogP contribution in [0.15, 0.2) is 48.5 Å². The number of halogens is 1. The smallest absolute Gasteiger partial charge is 0.256 e. The summed E-state index contributed by atoms with van der Waals surface area (Å²) < 4.78 is 0. The van der Waals surface area contributed by atoms with Crippen LogP contribution in [0.1, 0.15) is 16.1 Å². The second kappa shape index (κ2) is 7.78. The summed E-state index contributed by atoms with van der Waals surface area (Å²) in [5.41, 5.74) is 3.99. The van der Waals surface area contributed by atoms with E-state index in [0.29, 0.717) is 10.6 Å². The molecule has 4 rings (SSSR count). The normalized spacial score (nSPS) is 15.0. The lowest BCUT2D eigenvalue weighted by molar-refractivity contribution is 0.102. The van der Waals surface area contributed by atoms with Crippen LogP contribution in [-0.2, 0) is 0 Å². The third kappa shape index (κ3) is 3.81. The number of benzene rings is 2. The zero-order chi connectivity index (χ0) is 19.7. The Morgan fingerprint density at radius 2 is 1.82 bits per heavy atom. The van der Waals surface area contributed by atoms with Crippen molar-refractivity contribution in [2.75, 3.05) is 43.4 Å². The molecular weight excluding hydrogens is 372 g/mol. The summed E-state index contributed by atoms with van der Waals surface area (Å²) in [5.74, 6) is -0.153. The number of nitrogens with zero attached hydrogens (tertiary/aromatic N) is 3. The molecule has 2 heterocycles. The van der Waals surface area contributed by atoms with Crippen LogP contribution in [0.25, 0.3) is 10.9 Å². The standard InChI is InChI=1S/C22H23ClN4O/c1-15-13-18(17-5-3-4-6-19(17)24-15)22(28)25-20-14-16(23)7-8-21(20)27-11-9-26(2)10-12-27/h3-8,13-14H,9-12H2,1-2H3,(H,25,28). The molecule has 0 atom stereocenters. The molecule has 0 saturated carbocycles. The van der Waals surface area contributed by atoms with Gasteiger partial charge in [-0.15, -0.1) is 0 Å². The SMILES string of the molecule is Cc1cc(C(=O)Nc2cc(Cl)ccc2N2CCN(C)CC2)c2ccccc2n1. The highest BCUT2D eigenvalue weighted by molar-refractivity contribution is 6.31. The monoisotopic (exact) mass is 394 g/mol. The predicted molar refractivity (Wildman–Crippen MR) is 116 cm³/mol. The van der Waals surface area contributed by atoms with Crippen LogP contribution in [0.4, 0.5) is 11.4 Å². The van der Waals surface area contributed by atoms with Gasteiger partial charge in [0.15, 0.2) is 0 Å². The van der Waals surface area contributed by atoms with Gasteiger partial charge in [-0.3, -0.25) is 9.78 Å². The first-order chi connectivity index (χ1) is 13.5. The number of carbonyl (C=O) groups is 1. The molecule has 0 unspecified atom stereocenters. The van der Waals surface area contributed by atoms with E-state index in [1.54, 1.807) is 0 Å². The second-order valence-electron chi connectivity index (χ2n) is 7.23. The van der Waals surface area contributed by atoms with E-state index in [4.69, 9.17) is 11.6 Å². The minimum Gasteiger partial charge on any atom is -0.367 e. The number of para-hydroxylation sites is 1. The fraction of sp³-hybridized carbons (Fsp3) is 0.273. The number of aromatic nitrogens is 1. The van der Waals surface area contributed by atoms with Gasteiger partial charge in [-0.25, -0.2) is 0 Å². The number of aryl methyl sites for hydroxylation is 1. The van der Waals surface area contributed by atoms with Crippen LogP contribution < -0.4 is 10.2 Å². The van der Waals surface area contributed by atoms with Crippen molar-refractivity contribution >= 4 is 39.8 Å². The van der Waals surface area contributed by atoms with Gasteiger partial charge in [0.1, 0.15) is 0 Å². The van der Waals surface area contributed by atoms with E-state index < -0.39 is 0 Å². The highest BCUT2D eigenvalue weighted by Crippen LogP contribution is 2.31. The maximum Gasteiger partial charge on any atom is 0.256 e. The van der Waals surface area contributed by atoms with Crippen molar-refractivity contribution in [1.82, 2.24) is 9.88 Å². The first-order valence-corrected chi connectivity index (χ1v) is 9.80. The topological polar surface area (TPSA) is 48.5 Å².